The second-order valence-corrected chi connectivity index (χ2v) is 4.78. The highest BCUT2D eigenvalue weighted by molar-refractivity contribution is 5.81. The molecule has 0 radical (unpaired) electrons. The highest BCUT2D eigenvalue weighted by Crippen LogP contribution is 2.40. The van der Waals surface area contributed by atoms with Crippen LogP contribution in [0.4, 0.5) is 0 Å². The van der Waals surface area contributed by atoms with Crippen molar-refractivity contribution in [3.63, 3.8) is 0 Å². The Hall–Kier alpha value is -1.32. The maximum absolute atomic E-state index is 11.6. The first-order valence-corrected chi connectivity index (χ1v) is 5.80. The fourth-order valence-electron chi connectivity index (χ4n) is 2.79. The van der Waals surface area contributed by atoms with Gasteiger partial charge in [0.2, 0.25) is 0 Å². The highest BCUT2D eigenvalue weighted by atomic mass is 16.4. The second kappa shape index (κ2) is 3.92. The number of hydrogen-bond donors (Lipinski definition) is 1. The van der Waals surface area contributed by atoms with E-state index in [1.165, 1.54) is 0 Å². The van der Waals surface area contributed by atoms with Crippen LogP contribution in [-0.4, -0.2) is 20.9 Å². The normalized spacial score (nSPS) is 19.6. The molecule has 16 heavy (non-hydrogen) atoms. The zero-order valence-corrected chi connectivity index (χ0v) is 9.86. The van der Waals surface area contributed by atoms with Crippen molar-refractivity contribution >= 4 is 5.97 Å². The lowest BCUT2D eigenvalue weighted by Crippen LogP contribution is -2.39. The smallest absolute Gasteiger partial charge is 0.315 e. The van der Waals surface area contributed by atoms with Gasteiger partial charge in [0, 0.05) is 13.2 Å². The van der Waals surface area contributed by atoms with Crippen molar-refractivity contribution in [3.05, 3.63) is 17.5 Å². The lowest BCUT2D eigenvalue weighted by atomic mass is 9.71. The summed E-state index contributed by atoms with van der Waals surface area (Å²) in [5.41, 5.74) is 1.03. The maximum Gasteiger partial charge on any atom is 0.315 e. The number of carboxylic acid groups (broad SMARTS) is 1. The molecule has 4 heteroatoms. The van der Waals surface area contributed by atoms with Gasteiger partial charge in [0.25, 0.3) is 0 Å². The Morgan fingerprint density at radius 2 is 2.06 bits per heavy atom. The van der Waals surface area contributed by atoms with Gasteiger partial charge < -0.3 is 5.11 Å². The largest absolute Gasteiger partial charge is 0.481 e. The molecule has 4 nitrogen and oxygen atoms in total. The third-order valence-electron chi connectivity index (χ3n) is 3.58. The van der Waals surface area contributed by atoms with E-state index >= 15 is 0 Å². The monoisotopic (exact) mass is 222 g/mol. The summed E-state index contributed by atoms with van der Waals surface area (Å²) >= 11 is 0. The number of carbonyl (C=O) groups is 1. The number of hydrogen-bond acceptors (Lipinski definition) is 2. The van der Waals surface area contributed by atoms with Gasteiger partial charge in [0.1, 0.15) is 5.41 Å². The molecular formula is C12H18N2O2. The Kier molecular flexibility index (Phi) is 2.74. The lowest BCUT2D eigenvalue weighted by Gasteiger charge is -2.32. The van der Waals surface area contributed by atoms with Gasteiger partial charge in [-0.15, -0.1) is 0 Å². The van der Waals surface area contributed by atoms with Crippen LogP contribution in [0.5, 0.6) is 0 Å². The molecule has 0 unspecified atom stereocenters. The van der Waals surface area contributed by atoms with Crippen LogP contribution < -0.4 is 0 Å². The van der Waals surface area contributed by atoms with Crippen molar-refractivity contribution < 1.29 is 9.90 Å². The molecule has 1 aromatic rings. The molecule has 88 valence electrons. The molecule has 1 aromatic heterocycles. The molecule has 1 aliphatic carbocycles. The molecule has 1 aliphatic rings. The summed E-state index contributed by atoms with van der Waals surface area (Å²) < 4.78 is 1.71. The molecular weight excluding hydrogens is 204 g/mol. The Labute approximate surface area is 95.3 Å². The summed E-state index contributed by atoms with van der Waals surface area (Å²) in [7, 11) is 1.84. The number of aryl methyl sites for hydroxylation is 2. The number of aromatic nitrogens is 2. The van der Waals surface area contributed by atoms with E-state index in [0.717, 1.165) is 43.4 Å². The highest BCUT2D eigenvalue weighted by Gasteiger charge is 2.44. The van der Waals surface area contributed by atoms with Gasteiger partial charge in [-0.2, -0.15) is 5.10 Å². The summed E-state index contributed by atoms with van der Waals surface area (Å²) in [4.78, 5) is 11.6. The number of nitrogens with zero attached hydrogens (tertiary/aromatic N) is 2. The molecule has 1 saturated carbocycles. The van der Waals surface area contributed by atoms with Crippen molar-refractivity contribution in [2.45, 2.75) is 44.4 Å². The van der Waals surface area contributed by atoms with E-state index in [2.05, 4.69) is 5.10 Å². The first kappa shape index (κ1) is 11.2. The van der Waals surface area contributed by atoms with Crippen molar-refractivity contribution in [2.24, 2.45) is 7.05 Å². The van der Waals surface area contributed by atoms with Crippen LogP contribution in [-0.2, 0) is 17.3 Å². The Morgan fingerprint density at radius 3 is 2.50 bits per heavy atom. The Balaban J connectivity index is 2.46. The molecule has 1 N–H and O–H groups in total. The zero-order valence-electron chi connectivity index (χ0n) is 9.86. The summed E-state index contributed by atoms with van der Waals surface area (Å²) in [6.45, 7) is 1.95. The van der Waals surface area contributed by atoms with E-state index in [1.54, 1.807) is 4.68 Å². The maximum atomic E-state index is 11.6. The Morgan fingerprint density at radius 1 is 1.44 bits per heavy atom. The predicted octanol–water partition coefficient (Wildman–Crippen LogP) is 2.02. The third kappa shape index (κ3) is 1.62. The minimum absolute atomic E-state index is 0.714. The first-order valence-electron chi connectivity index (χ1n) is 5.80. The minimum atomic E-state index is -0.733. The number of rotatable bonds is 2. The van der Waals surface area contributed by atoms with Crippen LogP contribution in [0.25, 0.3) is 0 Å². The topological polar surface area (TPSA) is 55.1 Å². The average molecular weight is 222 g/mol. The summed E-state index contributed by atoms with van der Waals surface area (Å²) in [6, 6.07) is 0. The molecule has 0 spiro atoms. The van der Waals surface area contributed by atoms with Crippen molar-refractivity contribution in [3.8, 4) is 0 Å². The van der Waals surface area contributed by atoms with Gasteiger partial charge in [-0.25, -0.2) is 0 Å². The second-order valence-electron chi connectivity index (χ2n) is 4.78. The van der Waals surface area contributed by atoms with E-state index in [4.69, 9.17) is 0 Å². The van der Waals surface area contributed by atoms with E-state index in [1.807, 2.05) is 20.2 Å². The lowest BCUT2D eigenvalue weighted by molar-refractivity contribution is -0.145. The molecule has 1 fully saturated rings. The van der Waals surface area contributed by atoms with E-state index < -0.39 is 11.4 Å². The molecule has 0 aromatic carbocycles. The van der Waals surface area contributed by atoms with Gasteiger partial charge in [-0.3, -0.25) is 9.48 Å². The van der Waals surface area contributed by atoms with Gasteiger partial charge in [-0.1, -0.05) is 19.3 Å². The van der Waals surface area contributed by atoms with Crippen molar-refractivity contribution in [1.29, 1.82) is 0 Å². The van der Waals surface area contributed by atoms with Crippen LogP contribution in [0.15, 0.2) is 6.20 Å². The number of aliphatic carboxylic acids is 1. The predicted molar refractivity (Wildman–Crippen MR) is 60.3 cm³/mol. The fourth-order valence-corrected chi connectivity index (χ4v) is 2.79. The molecule has 0 saturated heterocycles. The van der Waals surface area contributed by atoms with Crippen LogP contribution in [0, 0.1) is 6.92 Å². The Bertz CT molecular complexity index is 403. The molecule has 0 aliphatic heterocycles. The van der Waals surface area contributed by atoms with Crippen LogP contribution in [0.1, 0.15) is 43.4 Å². The summed E-state index contributed by atoms with van der Waals surface area (Å²) in [5, 5.41) is 13.9. The molecule has 0 bridgehead atoms. The van der Waals surface area contributed by atoms with Crippen LogP contribution in [0.3, 0.4) is 0 Å². The molecule has 0 amide bonds. The van der Waals surface area contributed by atoms with Crippen molar-refractivity contribution in [1.82, 2.24) is 9.78 Å². The number of carboxylic acids is 1. The molecule has 1 heterocycles. The van der Waals surface area contributed by atoms with Gasteiger partial charge in [0.15, 0.2) is 0 Å². The van der Waals surface area contributed by atoms with E-state index in [9.17, 15) is 9.90 Å². The SMILES string of the molecule is Cc1cn(C)nc1C1(C(=O)O)CCCCC1. The minimum Gasteiger partial charge on any atom is -0.481 e. The first-order chi connectivity index (χ1) is 7.56. The van der Waals surface area contributed by atoms with Gasteiger partial charge >= 0.3 is 5.97 Å². The van der Waals surface area contributed by atoms with Gasteiger partial charge in [-0.05, 0) is 25.3 Å². The third-order valence-corrected chi connectivity index (χ3v) is 3.58. The molecule has 2 rings (SSSR count). The summed E-state index contributed by atoms with van der Waals surface area (Å²) in [6.07, 6.45) is 6.46. The molecule has 0 atom stereocenters. The standard InChI is InChI=1S/C12H18N2O2/c1-9-8-14(2)13-10(9)12(11(15)16)6-4-3-5-7-12/h8H,3-7H2,1-2H3,(H,15,16). The average Bonchev–Trinajstić information content (AvgIpc) is 2.59. The van der Waals surface area contributed by atoms with Gasteiger partial charge in [0.05, 0.1) is 5.69 Å². The van der Waals surface area contributed by atoms with Crippen LogP contribution in [0.2, 0.25) is 0 Å². The quantitative estimate of drug-likeness (QED) is 0.832. The van der Waals surface area contributed by atoms with E-state index in [-0.39, 0.29) is 0 Å². The zero-order chi connectivity index (χ0) is 11.8. The van der Waals surface area contributed by atoms with E-state index in [0.29, 0.717) is 0 Å². The fraction of sp³-hybridized carbons (Fsp3) is 0.667. The summed E-state index contributed by atoms with van der Waals surface area (Å²) in [5.74, 6) is -0.714. The van der Waals surface area contributed by atoms with Crippen LogP contribution >= 0.6 is 0 Å². The van der Waals surface area contributed by atoms with Crippen molar-refractivity contribution in [2.75, 3.05) is 0 Å².